The van der Waals surface area contributed by atoms with Crippen LogP contribution < -0.4 is 5.73 Å². The summed E-state index contributed by atoms with van der Waals surface area (Å²) in [6, 6.07) is 5.70. The second-order valence-electron chi connectivity index (χ2n) is 5.39. The summed E-state index contributed by atoms with van der Waals surface area (Å²) in [7, 11) is 0. The molecule has 1 rings (SSSR count). The topological polar surface area (TPSA) is 118 Å². The third-order valence-corrected chi connectivity index (χ3v) is 3.54. The SMILES string of the molecule is CC(=O)[C@@H](CCC(=O)[C@@H](N)Cc1ccc(O)cc1)CC(=O)O. The fraction of sp³-hybridized carbons (Fsp3) is 0.438. The molecule has 0 amide bonds. The van der Waals surface area contributed by atoms with Crippen LogP contribution in [0.15, 0.2) is 24.3 Å². The number of nitrogens with two attached hydrogens (primary N) is 1. The van der Waals surface area contributed by atoms with Gasteiger partial charge in [-0.3, -0.25) is 14.4 Å². The first-order valence-corrected chi connectivity index (χ1v) is 7.08. The Kier molecular flexibility index (Phi) is 6.72. The Morgan fingerprint density at radius 1 is 1.18 bits per heavy atom. The molecule has 4 N–H and O–H groups in total. The third-order valence-electron chi connectivity index (χ3n) is 3.54. The zero-order valence-electron chi connectivity index (χ0n) is 12.5. The smallest absolute Gasteiger partial charge is 0.304 e. The number of carbonyl (C=O) groups is 3. The number of benzene rings is 1. The molecule has 6 nitrogen and oxygen atoms in total. The summed E-state index contributed by atoms with van der Waals surface area (Å²) in [5.74, 6) is -2.00. The Labute approximate surface area is 128 Å². The van der Waals surface area contributed by atoms with Crippen molar-refractivity contribution in [3.63, 3.8) is 0 Å². The summed E-state index contributed by atoms with van der Waals surface area (Å²) in [4.78, 5) is 34.0. The van der Waals surface area contributed by atoms with Crippen molar-refractivity contribution in [3.8, 4) is 5.75 Å². The van der Waals surface area contributed by atoms with Gasteiger partial charge >= 0.3 is 5.97 Å². The number of rotatable bonds is 9. The highest BCUT2D eigenvalue weighted by Crippen LogP contribution is 2.15. The van der Waals surface area contributed by atoms with Crippen LogP contribution in [0.2, 0.25) is 0 Å². The van der Waals surface area contributed by atoms with Gasteiger partial charge in [-0.05, 0) is 37.5 Å². The van der Waals surface area contributed by atoms with Gasteiger partial charge in [0.05, 0.1) is 12.5 Å². The number of phenolic OH excluding ortho intramolecular Hbond substituents is 1. The molecule has 0 bridgehead atoms. The number of Topliss-reactive ketones (excluding diaryl/α,β-unsaturated/α-hetero) is 2. The zero-order chi connectivity index (χ0) is 16.7. The molecule has 1 aromatic carbocycles. The van der Waals surface area contributed by atoms with Crippen molar-refractivity contribution in [3.05, 3.63) is 29.8 Å². The summed E-state index contributed by atoms with van der Waals surface area (Å²) < 4.78 is 0. The van der Waals surface area contributed by atoms with Crippen LogP contribution in [-0.4, -0.2) is 33.8 Å². The maximum Gasteiger partial charge on any atom is 0.304 e. The monoisotopic (exact) mass is 307 g/mol. The molecule has 0 spiro atoms. The van der Waals surface area contributed by atoms with E-state index in [2.05, 4.69) is 0 Å². The molecule has 120 valence electrons. The first-order chi connectivity index (χ1) is 10.3. The number of phenols is 1. The number of aromatic hydroxyl groups is 1. The van der Waals surface area contributed by atoms with Crippen molar-refractivity contribution >= 4 is 17.5 Å². The van der Waals surface area contributed by atoms with Crippen LogP contribution in [0, 0.1) is 5.92 Å². The molecule has 22 heavy (non-hydrogen) atoms. The Morgan fingerprint density at radius 3 is 2.27 bits per heavy atom. The van der Waals surface area contributed by atoms with E-state index >= 15 is 0 Å². The Morgan fingerprint density at radius 2 is 1.77 bits per heavy atom. The van der Waals surface area contributed by atoms with Gasteiger partial charge in [-0.25, -0.2) is 0 Å². The Balaban J connectivity index is 2.51. The van der Waals surface area contributed by atoms with Gasteiger partial charge < -0.3 is 15.9 Å². The van der Waals surface area contributed by atoms with E-state index in [0.717, 1.165) is 5.56 Å². The molecule has 0 heterocycles. The Bertz CT molecular complexity index is 538. The summed E-state index contributed by atoms with van der Waals surface area (Å²) in [6.07, 6.45) is 0.346. The number of hydrogen-bond acceptors (Lipinski definition) is 5. The number of ketones is 2. The molecular weight excluding hydrogens is 286 g/mol. The minimum Gasteiger partial charge on any atom is -0.508 e. The fourth-order valence-electron chi connectivity index (χ4n) is 2.16. The van der Waals surface area contributed by atoms with Crippen molar-refractivity contribution < 1.29 is 24.6 Å². The number of hydrogen-bond donors (Lipinski definition) is 3. The Hall–Kier alpha value is -2.21. The largest absolute Gasteiger partial charge is 0.508 e. The molecular formula is C16H21NO5. The third kappa shape index (κ3) is 6.05. The van der Waals surface area contributed by atoms with Gasteiger partial charge in [-0.2, -0.15) is 0 Å². The number of carbonyl (C=O) groups excluding carboxylic acids is 2. The van der Waals surface area contributed by atoms with Gasteiger partial charge in [0.25, 0.3) is 0 Å². The molecule has 0 unspecified atom stereocenters. The normalized spacial score (nSPS) is 13.4. The van der Waals surface area contributed by atoms with Gasteiger partial charge in [-0.15, -0.1) is 0 Å². The van der Waals surface area contributed by atoms with Crippen LogP contribution in [0.5, 0.6) is 5.75 Å². The first-order valence-electron chi connectivity index (χ1n) is 7.08. The van der Waals surface area contributed by atoms with Crippen LogP contribution in [0.3, 0.4) is 0 Å². The van der Waals surface area contributed by atoms with E-state index in [1.807, 2.05) is 0 Å². The van der Waals surface area contributed by atoms with Crippen molar-refractivity contribution in [2.24, 2.45) is 11.7 Å². The molecule has 0 aliphatic rings. The van der Waals surface area contributed by atoms with Gasteiger partial charge in [0.2, 0.25) is 0 Å². The van der Waals surface area contributed by atoms with Crippen molar-refractivity contribution in [2.45, 2.75) is 38.6 Å². The molecule has 0 saturated carbocycles. The summed E-state index contributed by atoms with van der Waals surface area (Å²) in [6.45, 7) is 1.33. The standard InChI is InChI=1S/C16H21NO5/c1-10(18)12(9-16(21)22)4-7-15(20)14(17)8-11-2-5-13(19)6-3-11/h2-3,5-6,12,14,19H,4,7-9,17H2,1H3,(H,21,22)/t12-,14-/m0/s1. The van der Waals surface area contributed by atoms with E-state index in [1.165, 1.54) is 19.1 Å². The van der Waals surface area contributed by atoms with E-state index in [0.29, 0.717) is 6.42 Å². The van der Waals surface area contributed by atoms with Crippen LogP contribution in [0.25, 0.3) is 0 Å². The molecule has 0 saturated heterocycles. The average molecular weight is 307 g/mol. The minimum atomic E-state index is -1.05. The van der Waals surface area contributed by atoms with E-state index in [4.69, 9.17) is 10.8 Å². The predicted molar refractivity (Wildman–Crippen MR) is 80.5 cm³/mol. The second-order valence-corrected chi connectivity index (χ2v) is 5.39. The van der Waals surface area contributed by atoms with E-state index in [-0.39, 0.29) is 36.6 Å². The second kappa shape index (κ2) is 8.29. The van der Waals surface area contributed by atoms with Crippen molar-refractivity contribution in [1.29, 1.82) is 0 Å². The quantitative estimate of drug-likeness (QED) is 0.632. The van der Waals surface area contributed by atoms with Gasteiger partial charge in [-0.1, -0.05) is 12.1 Å². The molecule has 0 aliphatic heterocycles. The lowest BCUT2D eigenvalue weighted by Gasteiger charge is -2.14. The van der Waals surface area contributed by atoms with Crippen LogP contribution in [-0.2, 0) is 20.8 Å². The molecule has 2 atom stereocenters. The van der Waals surface area contributed by atoms with Crippen LogP contribution >= 0.6 is 0 Å². The van der Waals surface area contributed by atoms with Gasteiger partial charge in [0, 0.05) is 12.3 Å². The molecule has 0 radical (unpaired) electrons. The minimum absolute atomic E-state index is 0.0801. The first kappa shape index (κ1) is 17.8. The molecule has 0 aromatic heterocycles. The maximum absolute atomic E-state index is 12.0. The molecule has 6 heteroatoms. The predicted octanol–water partition coefficient (Wildman–Crippen LogP) is 1.29. The van der Waals surface area contributed by atoms with E-state index in [1.54, 1.807) is 12.1 Å². The van der Waals surface area contributed by atoms with Gasteiger partial charge in [0.15, 0.2) is 0 Å². The number of carboxylic acids is 1. The van der Waals surface area contributed by atoms with Crippen LogP contribution in [0.1, 0.15) is 31.7 Å². The lowest BCUT2D eigenvalue weighted by atomic mass is 9.92. The lowest BCUT2D eigenvalue weighted by molar-refractivity contribution is -0.140. The zero-order valence-corrected chi connectivity index (χ0v) is 12.5. The highest BCUT2D eigenvalue weighted by Gasteiger charge is 2.21. The van der Waals surface area contributed by atoms with Crippen molar-refractivity contribution in [1.82, 2.24) is 0 Å². The highest BCUT2D eigenvalue weighted by atomic mass is 16.4. The molecule has 0 fully saturated rings. The lowest BCUT2D eigenvalue weighted by Crippen LogP contribution is -2.33. The number of aliphatic carboxylic acids is 1. The van der Waals surface area contributed by atoms with E-state index < -0.39 is 17.9 Å². The van der Waals surface area contributed by atoms with Gasteiger partial charge in [0.1, 0.15) is 17.3 Å². The summed E-state index contributed by atoms with van der Waals surface area (Å²) in [5, 5.41) is 17.9. The van der Waals surface area contributed by atoms with Crippen molar-refractivity contribution in [2.75, 3.05) is 0 Å². The highest BCUT2D eigenvalue weighted by molar-refractivity contribution is 5.86. The summed E-state index contributed by atoms with van der Waals surface area (Å²) in [5.41, 5.74) is 6.66. The maximum atomic E-state index is 12.0. The fourth-order valence-corrected chi connectivity index (χ4v) is 2.16. The number of carboxylic acid groups (broad SMARTS) is 1. The van der Waals surface area contributed by atoms with Crippen LogP contribution in [0.4, 0.5) is 0 Å². The average Bonchev–Trinajstić information content (AvgIpc) is 2.44. The van der Waals surface area contributed by atoms with E-state index in [9.17, 15) is 19.5 Å². The molecule has 1 aromatic rings. The summed E-state index contributed by atoms with van der Waals surface area (Å²) >= 11 is 0. The molecule has 0 aliphatic carbocycles.